The van der Waals surface area contributed by atoms with Crippen molar-refractivity contribution in [3.8, 4) is 33.4 Å². The Labute approximate surface area is 477 Å². The van der Waals surface area contributed by atoms with Crippen molar-refractivity contribution in [2.45, 2.75) is 19.3 Å². The molecule has 0 aromatic heterocycles. The summed E-state index contributed by atoms with van der Waals surface area (Å²) in [4.78, 5) is 9.26. The Balaban J connectivity index is 0.761. The van der Waals surface area contributed by atoms with E-state index in [-0.39, 0.29) is 0 Å². The summed E-state index contributed by atoms with van der Waals surface area (Å²) in [6, 6.07) is 115. The molecule has 0 spiro atoms. The van der Waals surface area contributed by atoms with Crippen LogP contribution >= 0.6 is 0 Å². The van der Waals surface area contributed by atoms with Crippen LogP contribution in [0.5, 0.6) is 0 Å². The Morgan fingerprint density at radius 2 is 0.383 bits per heavy atom. The van der Waals surface area contributed by atoms with Crippen LogP contribution in [0.1, 0.15) is 18.4 Å². The van der Waals surface area contributed by atoms with Crippen molar-refractivity contribution in [3.63, 3.8) is 0 Å². The summed E-state index contributed by atoms with van der Waals surface area (Å²) in [5.74, 6) is 0. The van der Waals surface area contributed by atoms with E-state index in [1.807, 2.05) is 6.08 Å². The van der Waals surface area contributed by atoms with Crippen molar-refractivity contribution < 1.29 is 0 Å². The SMILES string of the molecule is C=CCCCc1ccc(N(c2ccccc2)c2ccc(-c3ccc(N(c4ccccc4)c4ccc(-c5ccc(N(c6ccccc6)c6ccc(-c7ccc(N(c8ccccc8)c8ccccc8)cc7)cc6)cc5)cc4)cc3)cc2)cc1. The Hall–Kier alpha value is -10.4. The summed E-state index contributed by atoms with van der Waals surface area (Å²) in [7, 11) is 0. The highest BCUT2D eigenvalue weighted by Gasteiger charge is 2.18. The van der Waals surface area contributed by atoms with Gasteiger partial charge in [-0.3, -0.25) is 0 Å². The van der Waals surface area contributed by atoms with Gasteiger partial charge in [0.25, 0.3) is 0 Å². The van der Waals surface area contributed by atoms with Crippen LogP contribution in [0.2, 0.25) is 0 Å². The highest BCUT2D eigenvalue weighted by atomic mass is 15.2. The number of rotatable bonds is 19. The lowest BCUT2D eigenvalue weighted by Crippen LogP contribution is -2.10. The highest BCUT2D eigenvalue weighted by molar-refractivity contribution is 5.84. The minimum absolute atomic E-state index is 1.03. The number of para-hydroxylation sites is 5. The average molecular weight is 1040 g/mol. The lowest BCUT2D eigenvalue weighted by molar-refractivity contribution is 0.844. The number of aryl methyl sites for hydroxylation is 1. The monoisotopic (exact) mass is 1040 g/mol. The average Bonchev–Trinajstić information content (AvgIpc) is 3.58. The number of anilines is 12. The Morgan fingerprint density at radius 1 is 0.210 bits per heavy atom. The van der Waals surface area contributed by atoms with E-state index in [1.165, 1.54) is 5.56 Å². The van der Waals surface area contributed by atoms with Gasteiger partial charge in [0.2, 0.25) is 0 Å². The van der Waals surface area contributed by atoms with E-state index in [4.69, 9.17) is 0 Å². The third kappa shape index (κ3) is 11.7. The van der Waals surface area contributed by atoms with Crippen LogP contribution in [0, 0.1) is 0 Å². The van der Waals surface area contributed by atoms with E-state index >= 15 is 0 Å². The summed E-state index contributed by atoms with van der Waals surface area (Å²) < 4.78 is 0. The largest absolute Gasteiger partial charge is 0.311 e. The van der Waals surface area contributed by atoms with Crippen LogP contribution in [0.15, 0.2) is 334 Å². The number of allylic oxidation sites excluding steroid dienone is 1. The Kier molecular flexibility index (Phi) is 15.5. The maximum atomic E-state index is 3.89. The van der Waals surface area contributed by atoms with Crippen LogP contribution < -0.4 is 19.6 Å². The first-order valence-electron chi connectivity index (χ1n) is 27.9. The van der Waals surface area contributed by atoms with Gasteiger partial charge in [-0.15, -0.1) is 6.58 Å². The molecule has 0 atom stereocenters. The second-order valence-electron chi connectivity index (χ2n) is 20.1. The van der Waals surface area contributed by atoms with Gasteiger partial charge >= 0.3 is 0 Å². The molecule has 0 aliphatic carbocycles. The smallest absolute Gasteiger partial charge is 0.0462 e. The number of benzene rings is 12. The van der Waals surface area contributed by atoms with Crippen LogP contribution in [-0.2, 0) is 6.42 Å². The van der Waals surface area contributed by atoms with Gasteiger partial charge < -0.3 is 19.6 Å². The van der Waals surface area contributed by atoms with Gasteiger partial charge in [-0.1, -0.05) is 182 Å². The topological polar surface area (TPSA) is 13.0 Å². The van der Waals surface area contributed by atoms with Gasteiger partial charge in [0, 0.05) is 68.2 Å². The summed E-state index contributed by atoms with van der Waals surface area (Å²) in [5.41, 5.74) is 21.5. The third-order valence-electron chi connectivity index (χ3n) is 14.9. The molecule has 4 nitrogen and oxygen atoms in total. The summed E-state index contributed by atoms with van der Waals surface area (Å²) in [6.07, 6.45) is 5.19. The lowest BCUT2D eigenvalue weighted by atomic mass is 10.0. The minimum Gasteiger partial charge on any atom is -0.311 e. The molecule has 0 bridgehead atoms. The Morgan fingerprint density at radius 3 is 0.568 bits per heavy atom. The molecular formula is C77H62N4. The number of hydrogen-bond donors (Lipinski definition) is 0. The third-order valence-corrected chi connectivity index (χ3v) is 14.9. The molecule has 0 aliphatic rings. The molecule has 390 valence electrons. The number of nitrogens with zero attached hydrogens (tertiary/aromatic N) is 4. The molecule has 0 amide bonds. The van der Waals surface area contributed by atoms with E-state index < -0.39 is 0 Å². The molecule has 12 aromatic rings. The molecule has 81 heavy (non-hydrogen) atoms. The first kappa shape index (κ1) is 51.3. The van der Waals surface area contributed by atoms with E-state index in [0.717, 1.165) is 121 Å². The molecule has 4 heteroatoms. The first-order valence-corrected chi connectivity index (χ1v) is 27.9. The first-order chi connectivity index (χ1) is 40.1. The second-order valence-corrected chi connectivity index (χ2v) is 20.1. The van der Waals surface area contributed by atoms with Crippen molar-refractivity contribution in [1.29, 1.82) is 0 Å². The fourth-order valence-electron chi connectivity index (χ4n) is 10.8. The fourth-order valence-corrected chi connectivity index (χ4v) is 10.8. The zero-order valence-corrected chi connectivity index (χ0v) is 45.3. The number of unbranched alkanes of at least 4 members (excludes halogenated alkanes) is 1. The lowest BCUT2D eigenvalue weighted by Gasteiger charge is -2.27. The van der Waals surface area contributed by atoms with Gasteiger partial charge in [-0.2, -0.15) is 0 Å². The second kappa shape index (κ2) is 24.5. The van der Waals surface area contributed by atoms with E-state index in [0.29, 0.717) is 0 Å². The molecule has 0 heterocycles. The molecule has 0 radical (unpaired) electrons. The van der Waals surface area contributed by atoms with Crippen LogP contribution in [-0.4, -0.2) is 0 Å². The van der Waals surface area contributed by atoms with Crippen LogP contribution in [0.3, 0.4) is 0 Å². The predicted molar refractivity (Wildman–Crippen MR) is 345 cm³/mol. The summed E-state index contributed by atoms with van der Waals surface area (Å²) >= 11 is 0. The predicted octanol–water partition coefficient (Wildman–Crippen LogP) is 22.1. The summed E-state index contributed by atoms with van der Waals surface area (Å²) in [5, 5.41) is 0. The van der Waals surface area contributed by atoms with E-state index in [2.05, 4.69) is 348 Å². The maximum Gasteiger partial charge on any atom is 0.0462 e. The maximum absolute atomic E-state index is 3.89. The van der Waals surface area contributed by atoms with E-state index in [9.17, 15) is 0 Å². The van der Waals surface area contributed by atoms with Crippen molar-refractivity contribution in [1.82, 2.24) is 0 Å². The molecule has 0 aliphatic heterocycles. The quantitative estimate of drug-likeness (QED) is 0.0591. The zero-order valence-electron chi connectivity index (χ0n) is 45.3. The van der Waals surface area contributed by atoms with Crippen LogP contribution in [0.25, 0.3) is 33.4 Å². The highest BCUT2D eigenvalue weighted by Crippen LogP contribution is 2.42. The minimum atomic E-state index is 1.03. The fraction of sp³-hybridized carbons (Fsp3) is 0.0390. The van der Waals surface area contributed by atoms with Gasteiger partial charge in [0.15, 0.2) is 0 Å². The standard InChI is InChI=1S/C77H62N4/c1-2-3-9-20-59-31-45-71(46-32-59)79(68-25-14-6-15-26-68)73-49-35-61(36-50-73)63-39-53-75(54-40-63)81(70-29-18-8-19-30-70)77-57-43-65(44-58-77)64-41-55-76(56-42-64)80(69-27-16-7-17-28-69)74-51-37-62(38-52-74)60-33-47-72(48-34-60)78(66-21-10-4-11-22-66)67-23-12-5-13-24-67/h2,4-8,10-19,21-58H,1,3,9,20H2. The van der Waals surface area contributed by atoms with Gasteiger partial charge in [0.1, 0.15) is 0 Å². The molecule has 0 saturated heterocycles. The van der Waals surface area contributed by atoms with Crippen LogP contribution in [0.4, 0.5) is 68.2 Å². The Bertz CT molecular complexity index is 3850. The van der Waals surface area contributed by atoms with Gasteiger partial charge in [-0.25, -0.2) is 0 Å². The molecule has 0 unspecified atom stereocenters. The molecule has 0 saturated carbocycles. The zero-order chi connectivity index (χ0) is 54.6. The summed E-state index contributed by atoms with van der Waals surface area (Å²) in [6.45, 7) is 3.89. The van der Waals surface area contributed by atoms with Crippen molar-refractivity contribution in [2.75, 3.05) is 19.6 Å². The van der Waals surface area contributed by atoms with Gasteiger partial charge in [-0.05, 0) is 204 Å². The molecular weight excluding hydrogens is 981 g/mol. The number of hydrogen-bond acceptors (Lipinski definition) is 4. The van der Waals surface area contributed by atoms with E-state index in [1.54, 1.807) is 0 Å². The van der Waals surface area contributed by atoms with Crippen molar-refractivity contribution in [3.05, 3.63) is 340 Å². The van der Waals surface area contributed by atoms with Crippen molar-refractivity contribution >= 4 is 68.2 Å². The molecule has 12 aromatic carbocycles. The van der Waals surface area contributed by atoms with Crippen molar-refractivity contribution in [2.24, 2.45) is 0 Å². The molecule has 0 fully saturated rings. The molecule has 12 rings (SSSR count). The molecule has 0 N–H and O–H groups in total. The van der Waals surface area contributed by atoms with Gasteiger partial charge in [0.05, 0.1) is 0 Å². The normalized spacial score (nSPS) is 10.9.